The van der Waals surface area contributed by atoms with Gasteiger partial charge in [-0.25, -0.2) is 5.01 Å². The molecule has 1 aliphatic rings. The van der Waals surface area contributed by atoms with Gasteiger partial charge in [-0.1, -0.05) is 42.5 Å². The number of nitrogens with one attached hydrogen (secondary N) is 1. The third-order valence-electron chi connectivity index (χ3n) is 4.77. The van der Waals surface area contributed by atoms with Gasteiger partial charge in [0.1, 0.15) is 5.75 Å². The van der Waals surface area contributed by atoms with Crippen molar-refractivity contribution in [1.29, 1.82) is 0 Å². The molecule has 1 fully saturated rings. The van der Waals surface area contributed by atoms with Crippen molar-refractivity contribution in [2.24, 2.45) is 0 Å². The Morgan fingerprint density at radius 3 is 2.56 bits per heavy atom. The molecule has 3 unspecified atom stereocenters. The highest BCUT2D eigenvalue weighted by atomic mass is 16.5. The highest BCUT2D eigenvalue weighted by Crippen LogP contribution is 2.28. The summed E-state index contributed by atoms with van der Waals surface area (Å²) in [4.78, 5) is 0. The van der Waals surface area contributed by atoms with Crippen molar-refractivity contribution >= 4 is 0 Å². The van der Waals surface area contributed by atoms with E-state index < -0.39 is 0 Å². The Kier molecular flexibility index (Phi) is 6.08. The quantitative estimate of drug-likeness (QED) is 0.871. The Bertz CT molecular complexity index is 645. The third kappa shape index (κ3) is 4.60. The highest BCUT2D eigenvalue weighted by molar-refractivity contribution is 5.29. The van der Waals surface area contributed by atoms with Crippen molar-refractivity contribution < 1.29 is 9.47 Å². The van der Waals surface area contributed by atoms with Crippen LogP contribution in [0.3, 0.4) is 0 Å². The van der Waals surface area contributed by atoms with Gasteiger partial charge in [-0.15, -0.1) is 0 Å². The summed E-state index contributed by atoms with van der Waals surface area (Å²) in [6.07, 6.45) is 1.08. The summed E-state index contributed by atoms with van der Waals surface area (Å²) in [6.45, 7) is 6.08. The van der Waals surface area contributed by atoms with Crippen molar-refractivity contribution in [3.8, 4) is 5.75 Å². The number of methoxy groups -OCH3 is 1. The number of morpholine rings is 1. The van der Waals surface area contributed by atoms with Crippen LogP contribution in [0, 0.1) is 0 Å². The molecule has 2 aromatic carbocycles. The molecule has 0 saturated carbocycles. The Labute approximate surface area is 150 Å². The van der Waals surface area contributed by atoms with Crippen LogP contribution in [0.15, 0.2) is 54.6 Å². The minimum absolute atomic E-state index is 0.0658. The summed E-state index contributed by atoms with van der Waals surface area (Å²) in [5.41, 5.74) is 6.21. The van der Waals surface area contributed by atoms with Crippen LogP contribution >= 0.6 is 0 Å². The van der Waals surface area contributed by atoms with Crippen LogP contribution in [0.25, 0.3) is 0 Å². The molecular formula is C21H28N2O2. The first-order chi connectivity index (χ1) is 12.2. The number of rotatable bonds is 6. The SMILES string of the molecule is COc1ccc(C2OCCN(NC(C)Cc3ccccc3)C2C)cc1. The number of nitrogens with zero attached hydrogens (tertiary/aromatic N) is 1. The van der Waals surface area contributed by atoms with Gasteiger partial charge in [0.25, 0.3) is 0 Å². The zero-order valence-corrected chi connectivity index (χ0v) is 15.3. The van der Waals surface area contributed by atoms with E-state index in [9.17, 15) is 0 Å². The van der Waals surface area contributed by atoms with Crippen LogP contribution in [0.4, 0.5) is 0 Å². The molecule has 0 radical (unpaired) electrons. The van der Waals surface area contributed by atoms with E-state index in [1.807, 2.05) is 12.1 Å². The van der Waals surface area contributed by atoms with Crippen molar-refractivity contribution in [1.82, 2.24) is 10.4 Å². The molecule has 0 aromatic heterocycles. The fourth-order valence-corrected chi connectivity index (χ4v) is 3.43. The average molecular weight is 340 g/mol. The van der Waals surface area contributed by atoms with Crippen molar-refractivity contribution in [3.05, 3.63) is 65.7 Å². The van der Waals surface area contributed by atoms with E-state index in [1.165, 1.54) is 11.1 Å². The lowest BCUT2D eigenvalue weighted by molar-refractivity contribution is -0.0913. The van der Waals surface area contributed by atoms with Crippen molar-refractivity contribution in [2.45, 2.75) is 38.5 Å². The van der Waals surface area contributed by atoms with Crippen LogP contribution in [-0.4, -0.2) is 37.4 Å². The monoisotopic (exact) mass is 340 g/mol. The number of hydrazine groups is 1. The topological polar surface area (TPSA) is 33.7 Å². The molecule has 134 valence electrons. The fourth-order valence-electron chi connectivity index (χ4n) is 3.43. The lowest BCUT2D eigenvalue weighted by Crippen LogP contribution is -2.55. The standard InChI is InChI=1S/C21H28N2O2/c1-16(15-18-7-5-4-6-8-18)22-23-13-14-25-21(17(23)2)19-9-11-20(24-3)12-10-19/h4-12,16-17,21-22H,13-15H2,1-3H3. The maximum absolute atomic E-state index is 6.06. The highest BCUT2D eigenvalue weighted by Gasteiger charge is 2.30. The molecule has 2 aromatic rings. The number of ether oxygens (including phenoxy) is 2. The minimum Gasteiger partial charge on any atom is -0.497 e. The molecule has 4 heteroatoms. The maximum Gasteiger partial charge on any atom is 0.118 e. The molecule has 3 atom stereocenters. The predicted molar refractivity (Wildman–Crippen MR) is 101 cm³/mol. The van der Waals surface area contributed by atoms with Crippen molar-refractivity contribution in [2.75, 3.05) is 20.3 Å². The van der Waals surface area contributed by atoms with Crippen molar-refractivity contribution in [3.63, 3.8) is 0 Å². The summed E-state index contributed by atoms with van der Waals surface area (Å²) in [7, 11) is 1.69. The van der Waals surface area contributed by atoms with Crippen LogP contribution in [0.5, 0.6) is 5.75 Å². The predicted octanol–water partition coefficient (Wildman–Crippen LogP) is 3.59. The van der Waals surface area contributed by atoms with Gasteiger partial charge in [0.15, 0.2) is 0 Å². The Morgan fingerprint density at radius 2 is 1.88 bits per heavy atom. The molecule has 0 amide bonds. The Morgan fingerprint density at radius 1 is 1.16 bits per heavy atom. The van der Waals surface area contributed by atoms with E-state index in [0.29, 0.717) is 6.04 Å². The van der Waals surface area contributed by atoms with E-state index in [1.54, 1.807) is 7.11 Å². The van der Waals surface area contributed by atoms with E-state index in [0.717, 1.165) is 25.3 Å². The first kappa shape index (κ1) is 17.9. The molecule has 1 N–H and O–H groups in total. The summed E-state index contributed by atoms with van der Waals surface area (Å²) in [5, 5.41) is 2.33. The molecule has 1 saturated heterocycles. The zero-order valence-electron chi connectivity index (χ0n) is 15.3. The smallest absolute Gasteiger partial charge is 0.118 e. The lowest BCUT2D eigenvalue weighted by Gasteiger charge is -2.41. The molecular weight excluding hydrogens is 312 g/mol. The molecule has 1 heterocycles. The second-order valence-electron chi connectivity index (χ2n) is 6.72. The van der Waals surface area contributed by atoms with E-state index in [4.69, 9.17) is 9.47 Å². The van der Waals surface area contributed by atoms with Gasteiger partial charge in [-0.05, 0) is 43.5 Å². The normalized spacial score (nSPS) is 22.5. The fraction of sp³-hybridized carbons (Fsp3) is 0.429. The second kappa shape index (κ2) is 8.48. The third-order valence-corrected chi connectivity index (χ3v) is 4.77. The average Bonchev–Trinajstić information content (AvgIpc) is 2.64. The molecule has 0 spiro atoms. The molecule has 1 aliphatic heterocycles. The van der Waals surface area contributed by atoms with Crippen LogP contribution in [-0.2, 0) is 11.2 Å². The van der Waals surface area contributed by atoms with E-state index >= 15 is 0 Å². The van der Waals surface area contributed by atoms with Crippen LogP contribution < -0.4 is 10.2 Å². The van der Waals surface area contributed by atoms with E-state index in [-0.39, 0.29) is 12.1 Å². The molecule has 0 aliphatic carbocycles. The largest absolute Gasteiger partial charge is 0.497 e. The molecule has 3 rings (SSSR count). The minimum atomic E-state index is 0.0658. The van der Waals surface area contributed by atoms with E-state index in [2.05, 4.69) is 66.7 Å². The number of benzene rings is 2. The molecule has 0 bridgehead atoms. The lowest BCUT2D eigenvalue weighted by atomic mass is 10.0. The zero-order chi connectivity index (χ0) is 17.6. The van der Waals surface area contributed by atoms with Gasteiger partial charge in [0.2, 0.25) is 0 Å². The summed E-state index contributed by atoms with van der Waals surface area (Å²) >= 11 is 0. The second-order valence-corrected chi connectivity index (χ2v) is 6.72. The van der Waals surface area contributed by atoms with Gasteiger partial charge >= 0.3 is 0 Å². The summed E-state index contributed by atoms with van der Waals surface area (Å²) in [6, 6.07) is 19.4. The maximum atomic E-state index is 6.06. The summed E-state index contributed by atoms with van der Waals surface area (Å²) < 4.78 is 11.3. The van der Waals surface area contributed by atoms with Gasteiger partial charge in [0.05, 0.1) is 25.9 Å². The summed E-state index contributed by atoms with van der Waals surface area (Å²) in [5.74, 6) is 0.874. The number of hydrogen-bond acceptors (Lipinski definition) is 4. The van der Waals surface area contributed by atoms with Crippen LogP contribution in [0.1, 0.15) is 31.1 Å². The van der Waals surface area contributed by atoms with Gasteiger partial charge in [-0.2, -0.15) is 0 Å². The Balaban J connectivity index is 1.62. The molecule has 4 nitrogen and oxygen atoms in total. The van der Waals surface area contributed by atoms with Crippen LogP contribution in [0.2, 0.25) is 0 Å². The van der Waals surface area contributed by atoms with Gasteiger partial charge in [0, 0.05) is 12.6 Å². The Hall–Kier alpha value is -1.88. The molecule has 25 heavy (non-hydrogen) atoms. The first-order valence-corrected chi connectivity index (χ1v) is 8.99. The van der Waals surface area contributed by atoms with Gasteiger partial charge < -0.3 is 9.47 Å². The number of hydrogen-bond donors (Lipinski definition) is 1. The first-order valence-electron chi connectivity index (χ1n) is 8.99. The van der Waals surface area contributed by atoms with Gasteiger partial charge in [-0.3, -0.25) is 5.43 Å².